The molecule has 0 fully saturated rings. The molecule has 4 heteroatoms. The molecule has 0 saturated carbocycles. The number of aliphatic hydroxyl groups excluding tert-OH is 1. The van der Waals surface area contributed by atoms with Crippen molar-refractivity contribution in [2.45, 2.75) is 52.6 Å². The molecule has 0 bridgehead atoms. The smallest absolute Gasteiger partial charge is 0.251 e. The number of rotatable bonds is 8. The molecular weight excluding hydrogens is 218 g/mol. The summed E-state index contributed by atoms with van der Waals surface area (Å²) in [6, 6.07) is 0. The van der Waals surface area contributed by atoms with Crippen LogP contribution in [0.1, 0.15) is 47.0 Å². The molecule has 1 unspecified atom stereocenters. The van der Waals surface area contributed by atoms with Crippen LogP contribution in [0.15, 0.2) is 0 Å². The van der Waals surface area contributed by atoms with Crippen molar-refractivity contribution in [2.24, 2.45) is 5.41 Å². The second-order valence-corrected chi connectivity index (χ2v) is 4.84. The van der Waals surface area contributed by atoms with Crippen molar-refractivity contribution in [3.05, 3.63) is 0 Å². The Morgan fingerprint density at radius 3 is 2.06 bits per heavy atom. The highest BCUT2D eigenvalue weighted by Crippen LogP contribution is 2.25. The van der Waals surface area contributed by atoms with E-state index in [9.17, 15) is 9.90 Å². The average molecular weight is 245 g/mol. The molecule has 1 amide bonds. The van der Waals surface area contributed by atoms with Crippen LogP contribution in [0.25, 0.3) is 0 Å². The summed E-state index contributed by atoms with van der Waals surface area (Å²) in [4.78, 5) is 12.0. The Bertz CT molecular complexity index is 225. The number of amides is 1. The van der Waals surface area contributed by atoms with E-state index in [1.54, 1.807) is 14.0 Å². The van der Waals surface area contributed by atoms with E-state index in [-0.39, 0.29) is 17.9 Å². The van der Waals surface area contributed by atoms with Crippen LogP contribution in [0.4, 0.5) is 0 Å². The van der Waals surface area contributed by atoms with Gasteiger partial charge in [0.2, 0.25) is 0 Å². The van der Waals surface area contributed by atoms with E-state index in [0.717, 1.165) is 12.8 Å². The van der Waals surface area contributed by atoms with Crippen LogP contribution in [-0.2, 0) is 9.53 Å². The Morgan fingerprint density at radius 2 is 1.76 bits per heavy atom. The Kier molecular flexibility index (Phi) is 6.72. The Labute approximate surface area is 105 Å². The molecule has 0 aliphatic carbocycles. The number of ether oxygens (including phenoxy) is 1. The minimum absolute atomic E-state index is 0.0934. The van der Waals surface area contributed by atoms with Gasteiger partial charge in [-0.15, -0.1) is 0 Å². The van der Waals surface area contributed by atoms with Crippen molar-refractivity contribution in [1.82, 2.24) is 5.32 Å². The number of aliphatic hydroxyl groups is 1. The van der Waals surface area contributed by atoms with Crippen LogP contribution in [-0.4, -0.2) is 36.9 Å². The number of nitrogens with one attached hydrogen (secondary N) is 1. The standard InChI is InChI=1S/C13H27NO3/c1-6-12(4,17-5)11(16)14-9-13(7-2,8-3)10-15/h15H,6-10H2,1-5H3,(H,14,16). The van der Waals surface area contributed by atoms with E-state index in [1.807, 2.05) is 20.8 Å². The van der Waals surface area contributed by atoms with Crippen molar-refractivity contribution in [2.75, 3.05) is 20.3 Å². The highest BCUT2D eigenvalue weighted by Gasteiger charge is 2.33. The summed E-state index contributed by atoms with van der Waals surface area (Å²) in [7, 11) is 1.54. The Balaban J connectivity index is 4.50. The summed E-state index contributed by atoms with van der Waals surface area (Å²) < 4.78 is 5.24. The van der Waals surface area contributed by atoms with E-state index in [4.69, 9.17) is 4.74 Å². The van der Waals surface area contributed by atoms with Crippen LogP contribution in [0.2, 0.25) is 0 Å². The van der Waals surface area contributed by atoms with Gasteiger partial charge in [-0.2, -0.15) is 0 Å². The first-order valence-electron chi connectivity index (χ1n) is 6.38. The molecule has 0 rings (SSSR count). The number of carbonyl (C=O) groups excluding carboxylic acids is 1. The minimum Gasteiger partial charge on any atom is -0.396 e. The van der Waals surface area contributed by atoms with Crippen molar-refractivity contribution in [1.29, 1.82) is 0 Å². The maximum absolute atomic E-state index is 12.0. The van der Waals surface area contributed by atoms with Gasteiger partial charge in [0.15, 0.2) is 0 Å². The molecule has 0 aromatic heterocycles. The van der Waals surface area contributed by atoms with Gasteiger partial charge in [-0.25, -0.2) is 0 Å². The fraction of sp³-hybridized carbons (Fsp3) is 0.923. The zero-order chi connectivity index (χ0) is 13.5. The lowest BCUT2D eigenvalue weighted by molar-refractivity contribution is -0.142. The molecule has 0 heterocycles. The summed E-state index contributed by atoms with van der Waals surface area (Å²) in [5.41, 5.74) is -0.985. The molecule has 0 spiro atoms. The third kappa shape index (κ3) is 3.96. The van der Waals surface area contributed by atoms with Crippen molar-refractivity contribution in [3.63, 3.8) is 0 Å². The lowest BCUT2D eigenvalue weighted by atomic mass is 9.83. The Morgan fingerprint density at radius 1 is 1.24 bits per heavy atom. The molecule has 4 nitrogen and oxygen atoms in total. The summed E-state index contributed by atoms with van der Waals surface area (Å²) in [6.45, 7) is 8.34. The zero-order valence-electron chi connectivity index (χ0n) is 11.8. The first-order chi connectivity index (χ1) is 7.93. The Hall–Kier alpha value is -0.610. The molecule has 0 aromatic rings. The van der Waals surface area contributed by atoms with Gasteiger partial charge < -0.3 is 15.2 Å². The van der Waals surface area contributed by atoms with Crippen LogP contribution in [0.3, 0.4) is 0 Å². The average Bonchev–Trinajstić information content (AvgIpc) is 2.39. The first kappa shape index (κ1) is 16.4. The molecule has 1 atom stereocenters. The maximum Gasteiger partial charge on any atom is 0.251 e. The van der Waals surface area contributed by atoms with Crippen molar-refractivity contribution in [3.8, 4) is 0 Å². The topological polar surface area (TPSA) is 58.6 Å². The number of carbonyl (C=O) groups is 1. The summed E-state index contributed by atoms with van der Waals surface area (Å²) in [6.07, 6.45) is 2.31. The first-order valence-corrected chi connectivity index (χ1v) is 6.38. The fourth-order valence-electron chi connectivity index (χ4n) is 1.63. The summed E-state index contributed by atoms with van der Waals surface area (Å²) in [5, 5.41) is 12.3. The quantitative estimate of drug-likeness (QED) is 0.684. The number of hydrogen-bond donors (Lipinski definition) is 2. The summed E-state index contributed by atoms with van der Waals surface area (Å²) in [5.74, 6) is -0.109. The monoisotopic (exact) mass is 245 g/mol. The van der Waals surface area contributed by atoms with Gasteiger partial charge in [-0.1, -0.05) is 20.8 Å². The SMILES string of the molecule is CCC(CC)(CO)CNC(=O)C(C)(CC)OC. The molecule has 0 aliphatic rings. The third-order valence-electron chi connectivity index (χ3n) is 4.06. The van der Waals surface area contributed by atoms with E-state index >= 15 is 0 Å². The molecule has 0 radical (unpaired) electrons. The van der Waals surface area contributed by atoms with Crippen LogP contribution in [0, 0.1) is 5.41 Å². The normalized spacial score (nSPS) is 15.4. The largest absolute Gasteiger partial charge is 0.396 e. The van der Waals surface area contributed by atoms with Gasteiger partial charge in [0.05, 0.1) is 6.61 Å². The third-order valence-corrected chi connectivity index (χ3v) is 4.06. The molecule has 17 heavy (non-hydrogen) atoms. The predicted molar refractivity (Wildman–Crippen MR) is 68.8 cm³/mol. The minimum atomic E-state index is -0.775. The van der Waals surface area contributed by atoms with E-state index < -0.39 is 5.60 Å². The predicted octanol–water partition coefficient (Wildman–Crippen LogP) is 1.72. The van der Waals surface area contributed by atoms with Crippen LogP contribution < -0.4 is 5.32 Å². The fourth-order valence-corrected chi connectivity index (χ4v) is 1.63. The number of hydrogen-bond acceptors (Lipinski definition) is 3. The lowest BCUT2D eigenvalue weighted by Gasteiger charge is -2.32. The van der Waals surface area contributed by atoms with Gasteiger partial charge in [0.25, 0.3) is 5.91 Å². The molecule has 0 aromatic carbocycles. The number of methoxy groups -OCH3 is 1. The van der Waals surface area contributed by atoms with Gasteiger partial charge in [-0.05, 0) is 26.2 Å². The van der Waals surface area contributed by atoms with Gasteiger partial charge in [-0.3, -0.25) is 4.79 Å². The van der Waals surface area contributed by atoms with Crippen molar-refractivity contribution < 1.29 is 14.6 Å². The molecule has 0 aliphatic heterocycles. The molecular formula is C13H27NO3. The van der Waals surface area contributed by atoms with Crippen LogP contribution in [0.5, 0.6) is 0 Å². The highest BCUT2D eigenvalue weighted by molar-refractivity contribution is 5.84. The molecule has 2 N–H and O–H groups in total. The second kappa shape index (κ2) is 6.97. The maximum atomic E-state index is 12.0. The van der Waals surface area contributed by atoms with E-state index in [1.165, 1.54) is 0 Å². The van der Waals surface area contributed by atoms with E-state index in [2.05, 4.69) is 5.32 Å². The zero-order valence-corrected chi connectivity index (χ0v) is 11.8. The van der Waals surface area contributed by atoms with Crippen LogP contribution >= 0.6 is 0 Å². The van der Waals surface area contributed by atoms with Gasteiger partial charge in [0.1, 0.15) is 5.60 Å². The van der Waals surface area contributed by atoms with Crippen molar-refractivity contribution >= 4 is 5.91 Å². The molecule has 0 saturated heterocycles. The lowest BCUT2D eigenvalue weighted by Crippen LogP contribution is -2.49. The second-order valence-electron chi connectivity index (χ2n) is 4.84. The molecule has 102 valence electrons. The van der Waals surface area contributed by atoms with Gasteiger partial charge >= 0.3 is 0 Å². The van der Waals surface area contributed by atoms with Gasteiger partial charge in [0, 0.05) is 19.1 Å². The van der Waals surface area contributed by atoms with E-state index in [0.29, 0.717) is 13.0 Å². The summed E-state index contributed by atoms with van der Waals surface area (Å²) >= 11 is 0. The highest BCUT2D eigenvalue weighted by atomic mass is 16.5.